The number of amides is 2. The molecule has 184 valence electrons. The molecule has 0 aliphatic carbocycles. The third-order valence-corrected chi connectivity index (χ3v) is 6.84. The lowest BCUT2D eigenvalue weighted by Crippen LogP contribution is -2.46. The van der Waals surface area contributed by atoms with E-state index in [2.05, 4.69) is 5.32 Å². The van der Waals surface area contributed by atoms with Gasteiger partial charge >= 0.3 is 0 Å². The minimum atomic E-state index is -3.59. The first kappa shape index (κ1) is 25.4. The van der Waals surface area contributed by atoms with Crippen LogP contribution in [0.4, 0.5) is 5.69 Å². The van der Waals surface area contributed by atoms with Gasteiger partial charge in [0, 0.05) is 32.6 Å². The molecule has 0 saturated carbocycles. The van der Waals surface area contributed by atoms with Crippen molar-refractivity contribution in [3.8, 4) is 11.5 Å². The summed E-state index contributed by atoms with van der Waals surface area (Å²) in [5.74, 6) is 0.546. The van der Waals surface area contributed by atoms with Crippen LogP contribution in [0.1, 0.15) is 30.9 Å². The van der Waals surface area contributed by atoms with E-state index in [-0.39, 0.29) is 44.5 Å². The normalized spacial score (nSPS) is 13.3. The van der Waals surface area contributed by atoms with Gasteiger partial charge in [-0.3, -0.25) is 13.9 Å². The number of likely N-dealkylation sites (N-methyl/N-ethyl adjacent to an activating group) is 1. The molecule has 0 bridgehead atoms. The first-order valence-corrected chi connectivity index (χ1v) is 12.9. The van der Waals surface area contributed by atoms with E-state index in [4.69, 9.17) is 9.47 Å². The highest BCUT2D eigenvalue weighted by Gasteiger charge is 2.26. The number of carbonyl (C=O) groups excluding carboxylic acids is 2. The number of nitrogens with zero attached hydrogens (tertiary/aromatic N) is 2. The van der Waals surface area contributed by atoms with Gasteiger partial charge in [0.2, 0.25) is 28.6 Å². The summed E-state index contributed by atoms with van der Waals surface area (Å²) < 4.78 is 36.8. The molecule has 3 rings (SSSR count). The molecule has 1 N–H and O–H groups in total. The molecule has 0 unspecified atom stereocenters. The second-order valence-electron chi connectivity index (χ2n) is 8.28. The fraction of sp³-hybridized carbons (Fsp3) is 0.417. The summed E-state index contributed by atoms with van der Waals surface area (Å²) in [7, 11) is -2.06. The summed E-state index contributed by atoms with van der Waals surface area (Å²) in [4.78, 5) is 27.0. The summed E-state index contributed by atoms with van der Waals surface area (Å²) in [6.45, 7) is 4.13. The van der Waals surface area contributed by atoms with Crippen molar-refractivity contribution in [2.24, 2.45) is 0 Å². The van der Waals surface area contributed by atoms with Crippen molar-refractivity contribution in [1.82, 2.24) is 10.2 Å². The zero-order chi connectivity index (χ0) is 24.9. The fourth-order valence-corrected chi connectivity index (χ4v) is 4.80. The minimum absolute atomic E-state index is 0.0870. The zero-order valence-corrected chi connectivity index (χ0v) is 20.7. The van der Waals surface area contributed by atoms with Gasteiger partial charge < -0.3 is 19.7 Å². The number of benzene rings is 2. The van der Waals surface area contributed by atoms with Crippen molar-refractivity contribution in [2.75, 3.05) is 30.9 Å². The number of rotatable bonds is 10. The molecule has 1 aliphatic heterocycles. The number of nitrogens with one attached hydrogen (secondary N) is 1. The van der Waals surface area contributed by atoms with Gasteiger partial charge in [0.1, 0.15) is 6.04 Å². The second kappa shape index (κ2) is 10.8. The Kier molecular flexibility index (Phi) is 8.03. The van der Waals surface area contributed by atoms with Crippen molar-refractivity contribution < 1.29 is 27.5 Å². The number of anilines is 1. The van der Waals surface area contributed by atoms with Crippen LogP contribution in [0.3, 0.4) is 0 Å². The Bertz CT molecular complexity index is 1150. The van der Waals surface area contributed by atoms with Gasteiger partial charge in [0.15, 0.2) is 11.5 Å². The topological polar surface area (TPSA) is 105 Å². The molecule has 0 fully saturated rings. The van der Waals surface area contributed by atoms with Crippen LogP contribution < -0.4 is 19.1 Å². The standard InChI is InChI=1S/C24H31N3O6S/c1-17-7-5-8-19(13-17)15-26(18(2)24(29)25-3)23(28)9-6-12-27(34(4,30)31)20-10-11-21-22(14-20)33-16-32-21/h5,7-8,10-11,13-14,18H,6,9,12,15-16H2,1-4H3,(H,25,29)/t18-/m0/s1. The van der Waals surface area contributed by atoms with Crippen LogP contribution in [-0.2, 0) is 26.2 Å². The quantitative estimate of drug-likeness (QED) is 0.550. The largest absolute Gasteiger partial charge is 0.454 e. The smallest absolute Gasteiger partial charge is 0.242 e. The van der Waals surface area contributed by atoms with Gasteiger partial charge in [-0.05, 0) is 38.0 Å². The Hall–Kier alpha value is -3.27. The van der Waals surface area contributed by atoms with Crippen LogP contribution in [0, 0.1) is 6.92 Å². The van der Waals surface area contributed by atoms with Crippen LogP contribution in [0.5, 0.6) is 11.5 Å². The average Bonchev–Trinajstić information content (AvgIpc) is 3.26. The van der Waals surface area contributed by atoms with Crippen molar-refractivity contribution in [3.63, 3.8) is 0 Å². The number of fused-ring (bicyclic) bond motifs is 1. The number of hydrogen-bond donors (Lipinski definition) is 1. The van der Waals surface area contributed by atoms with E-state index >= 15 is 0 Å². The molecule has 1 aliphatic rings. The SMILES string of the molecule is CNC(=O)[C@H](C)N(Cc1cccc(C)c1)C(=O)CCCN(c1ccc2c(c1)OCO2)S(C)(=O)=O. The van der Waals surface area contributed by atoms with Crippen LogP contribution in [0.25, 0.3) is 0 Å². The van der Waals surface area contributed by atoms with Gasteiger partial charge in [-0.1, -0.05) is 29.8 Å². The van der Waals surface area contributed by atoms with Gasteiger partial charge in [0.05, 0.1) is 11.9 Å². The highest BCUT2D eigenvalue weighted by Crippen LogP contribution is 2.36. The highest BCUT2D eigenvalue weighted by molar-refractivity contribution is 7.92. The molecule has 9 nitrogen and oxygen atoms in total. The summed E-state index contributed by atoms with van der Waals surface area (Å²) >= 11 is 0. The number of carbonyl (C=O) groups is 2. The third-order valence-electron chi connectivity index (χ3n) is 5.65. The summed E-state index contributed by atoms with van der Waals surface area (Å²) in [5.41, 5.74) is 2.42. The predicted octanol–water partition coefficient (Wildman–Crippen LogP) is 2.43. The molecular formula is C24H31N3O6S. The van der Waals surface area contributed by atoms with E-state index < -0.39 is 16.1 Å². The monoisotopic (exact) mass is 489 g/mol. The highest BCUT2D eigenvalue weighted by atomic mass is 32.2. The maximum absolute atomic E-state index is 13.2. The summed E-state index contributed by atoms with van der Waals surface area (Å²) in [6.07, 6.45) is 1.49. The molecular weight excluding hydrogens is 458 g/mol. The molecule has 10 heteroatoms. The molecule has 2 aromatic carbocycles. The van der Waals surface area contributed by atoms with Crippen LogP contribution in [-0.4, -0.2) is 57.8 Å². The van der Waals surface area contributed by atoms with Crippen molar-refractivity contribution in [3.05, 3.63) is 53.6 Å². The number of aryl methyl sites for hydroxylation is 1. The Morgan fingerprint density at radius 1 is 1.12 bits per heavy atom. The van der Waals surface area contributed by atoms with E-state index in [9.17, 15) is 18.0 Å². The maximum Gasteiger partial charge on any atom is 0.242 e. The fourth-order valence-electron chi connectivity index (χ4n) is 3.84. The van der Waals surface area contributed by atoms with E-state index in [0.29, 0.717) is 17.2 Å². The Labute approximate surface area is 200 Å². The van der Waals surface area contributed by atoms with Gasteiger partial charge in [-0.2, -0.15) is 0 Å². The van der Waals surface area contributed by atoms with E-state index in [0.717, 1.165) is 17.4 Å². The van der Waals surface area contributed by atoms with Gasteiger partial charge in [-0.15, -0.1) is 0 Å². The van der Waals surface area contributed by atoms with Crippen LogP contribution >= 0.6 is 0 Å². The average molecular weight is 490 g/mol. The van der Waals surface area contributed by atoms with Crippen molar-refractivity contribution in [2.45, 2.75) is 39.3 Å². The summed E-state index contributed by atoms with van der Waals surface area (Å²) in [6, 6.07) is 12.0. The summed E-state index contributed by atoms with van der Waals surface area (Å²) in [5, 5.41) is 2.59. The lowest BCUT2D eigenvalue weighted by Gasteiger charge is -2.29. The molecule has 0 aromatic heterocycles. The maximum atomic E-state index is 13.2. The molecule has 1 heterocycles. The number of ether oxygens (including phenoxy) is 2. The molecule has 0 spiro atoms. The number of sulfonamides is 1. The van der Waals surface area contributed by atoms with Gasteiger partial charge in [-0.25, -0.2) is 8.42 Å². The first-order valence-electron chi connectivity index (χ1n) is 11.0. The molecule has 34 heavy (non-hydrogen) atoms. The Morgan fingerprint density at radius 2 is 1.85 bits per heavy atom. The predicted molar refractivity (Wildman–Crippen MR) is 129 cm³/mol. The van der Waals surface area contributed by atoms with E-state index in [1.807, 2.05) is 31.2 Å². The van der Waals surface area contributed by atoms with Crippen molar-refractivity contribution in [1.29, 1.82) is 0 Å². The molecule has 1 atom stereocenters. The molecule has 2 aromatic rings. The lowest BCUT2D eigenvalue weighted by molar-refractivity contribution is -0.140. The second-order valence-corrected chi connectivity index (χ2v) is 10.2. The van der Waals surface area contributed by atoms with Crippen LogP contribution in [0.15, 0.2) is 42.5 Å². The minimum Gasteiger partial charge on any atom is -0.454 e. The third kappa shape index (κ3) is 6.19. The van der Waals surface area contributed by atoms with Crippen molar-refractivity contribution >= 4 is 27.5 Å². The lowest BCUT2D eigenvalue weighted by atomic mass is 10.1. The molecule has 0 saturated heterocycles. The number of hydrogen-bond acceptors (Lipinski definition) is 6. The van der Waals surface area contributed by atoms with E-state index in [1.165, 1.54) is 16.3 Å². The molecule has 2 amide bonds. The zero-order valence-electron chi connectivity index (χ0n) is 19.9. The van der Waals surface area contributed by atoms with E-state index in [1.54, 1.807) is 25.1 Å². The Balaban J connectivity index is 1.72. The Morgan fingerprint density at radius 3 is 2.53 bits per heavy atom. The first-order chi connectivity index (χ1) is 16.1. The molecule has 0 radical (unpaired) electrons. The van der Waals surface area contributed by atoms with Crippen LogP contribution in [0.2, 0.25) is 0 Å². The van der Waals surface area contributed by atoms with Gasteiger partial charge in [0.25, 0.3) is 0 Å².